The second-order valence-corrected chi connectivity index (χ2v) is 8.84. The Labute approximate surface area is 153 Å². The van der Waals surface area contributed by atoms with Gasteiger partial charge in [0.2, 0.25) is 15.9 Å². The van der Waals surface area contributed by atoms with Crippen molar-refractivity contribution in [3.05, 3.63) is 42.2 Å². The van der Waals surface area contributed by atoms with Crippen LogP contribution in [0.3, 0.4) is 0 Å². The van der Waals surface area contributed by atoms with Gasteiger partial charge in [-0.3, -0.25) is 4.79 Å². The summed E-state index contributed by atoms with van der Waals surface area (Å²) < 4.78 is 29.8. The lowest BCUT2D eigenvalue weighted by Crippen LogP contribution is -2.59. The molecule has 3 heterocycles. The van der Waals surface area contributed by atoms with Crippen LogP contribution in [0.5, 0.6) is 0 Å². The number of fused-ring (bicyclic) bond motifs is 1. The van der Waals surface area contributed by atoms with E-state index in [1.807, 2.05) is 11.0 Å². The smallest absolute Gasteiger partial charge is 0.244 e. The van der Waals surface area contributed by atoms with E-state index in [9.17, 15) is 13.2 Å². The quantitative estimate of drug-likeness (QED) is 0.817. The second kappa shape index (κ2) is 6.21. The summed E-state index contributed by atoms with van der Waals surface area (Å²) in [6.45, 7) is 4.55. The third-order valence-electron chi connectivity index (χ3n) is 5.37. The predicted molar refractivity (Wildman–Crippen MR) is 96.4 cm³/mol. The molecule has 4 rings (SSSR count). The highest BCUT2D eigenvalue weighted by atomic mass is 32.2. The summed E-state index contributed by atoms with van der Waals surface area (Å²) in [7, 11) is -3.78. The number of benzene rings is 1. The molecular formula is C18H22N4O3S. The van der Waals surface area contributed by atoms with Gasteiger partial charge >= 0.3 is 0 Å². The Morgan fingerprint density at radius 1 is 1.27 bits per heavy atom. The Balaban J connectivity index is 1.74. The molecule has 0 saturated carbocycles. The normalized spacial score (nSPS) is 24.1. The molecule has 2 aliphatic heterocycles. The molecule has 1 aromatic carbocycles. The SMILES string of the molecule is Cc1ccc(-n2cccn2)cc1S(=O)(=O)N1C[C@@H]2CCCN2C(=O)[C@H]1C. The van der Waals surface area contributed by atoms with Crippen LogP contribution >= 0.6 is 0 Å². The van der Waals surface area contributed by atoms with E-state index in [-0.39, 0.29) is 16.8 Å². The number of carbonyl (C=O) groups is 1. The lowest BCUT2D eigenvalue weighted by atomic mass is 10.1. The van der Waals surface area contributed by atoms with Crippen LogP contribution in [0, 0.1) is 6.92 Å². The van der Waals surface area contributed by atoms with Crippen LogP contribution in [-0.2, 0) is 14.8 Å². The summed E-state index contributed by atoms with van der Waals surface area (Å²) in [6.07, 6.45) is 5.21. The van der Waals surface area contributed by atoms with Crippen molar-refractivity contribution in [2.75, 3.05) is 13.1 Å². The average molecular weight is 374 g/mol. The van der Waals surface area contributed by atoms with Gasteiger partial charge in [0.15, 0.2) is 0 Å². The first-order valence-corrected chi connectivity index (χ1v) is 10.3. The number of piperazine rings is 1. The zero-order valence-corrected chi connectivity index (χ0v) is 15.7. The van der Waals surface area contributed by atoms with E-state index in [2.05, 4.69) is 5.10 Å². The number of rotatable bonds is 3. The van der Waals surface area contributed by atoms with Gasteiger partial charge in [0.1, 0.15) is 6.04 Å². The molecule has 0 spiro atoms. The first-order valence-electron chi connectivity index (χ1n) is 8.82. The Morgan fingerprint density at radius 3 is 2.81 bits per heavy atom. The highest BCUT2D eigenvalue weighted by Crippen LogP contribution is 2.31. The molecule has 26 heavy (non-hydrogen) atoms. The zero-order valence-electron chi connectivity index (χ0n) is 14.9. The van der Waals surface area contributed by atoms with Gasteiger partial charge in [-0.15, -0.1) is 0 Å². The fourth-order valence-corrected chi connectivity index (χ4v) is 5.78. The van der Waals surface area contributed by atoms with E-state index >= 15 is 0 Å². The number of aryl methyl sites for hydroxylation is 1. The maximum Gasteiger partial charge on any atom is 0.244 e. The van der Waals surface area contributed by atoms with E-state index in [0.717, 1.165) is 19.4 Å². The average Bonchev–Trinajstić information content (AvgIpc) is 3.29. The first-order chi connectivity index (χ1) is 12.4. The molecule has 0 aliphatic carbocycles. The first kappa shape index (κ1) is 17.2. The van der Waals surface area contributed by atoms with Gasteiger partial charge in [-0.1, -0.05) is 6.07 Å². The summed E-state index contributed by atoms with van der Waals surface area (Å²) in [6, 6.07) is 6.35. The molecule has 2 aromatic rings. The lowest BCUT2D eigenvalue weighted by molar-refractivity contribution is -0.139. The number of amides is 1. The van der Waals surface area contributed by atoms with Crippen LogP contribution in [0.1, 0.15) is 25.3 Å². The summed E-state index contributed by atoms with van der Waals surface area (Å²) in [5.74, 6) is -0.0943. The van der Waals surface area contributed by atoms with Gasteiger partial charge in [0.25, 0.3) is 0 Å². The van der Waals surface area contributed by atoms with Gasteiger partial charge in [-0.25, -0.2) is 13.1 Å². The number of nitrogens with zero attached hydrogens (tertiary/aromatic N) is 4. The molecule has 0 unspecified atom stereocenters. The van der Waals surface area contributed by atoms with Crippen LogP contribution in [0.25, 0.3) is 5.69 Å². The van der Waals surface area contributed by atoms with Gasteiger partial charge in [0.05, 0.1) is 10.6 Å². The minimum atomic E-state index is -3.78. The van der Waals surface area contributed by atoms with Crippen molar-refractivity contribution < 1.29 is 13.2 Å². The maximum absolute atomic E-state index is 13.4. The van der Waals surface area contributed by atoms with E-state index < -0.39 is 16.1 Å². The predicted octanol–water partition coefficient (Wildman–Crippen LogP) is 1.56. The van der Waals surface area contributed by atoms with Crippen molar-refractivity contribution in [2.45, 2.75) is 43.7 Å². The fourth-order valence-electron chi connectivity index (χ4n) is 3.91. The minimum Gasteiger partial charge on any atom is -0.337 e. The van der Waals surface area contributed by atoms with E-state index in [1.165, 1.54) is 4.31 Å². The molecule has 2 saturated heterocycles. The van der Waals surface area contributed by atoms with Crippen molar-refractivity contribution in [1.82, 2.24) is 19.0 Å². The Kier molecular flexibility index (Phi) is 4.11. The summed E-state index contributed by atoms with van der Waals surface area (Å²) in [5, 5.41) is 4.17. The Hall–Kier alpha value is -2.19. The molecule has 8 heteroatoms. The molecular weight excluding hydrogens is 352 g/mol. The summed E-state index contributed by atoms with van der Waals surface area (Å²) in [5.41, 5.74) is 1.34. The topological polar surface area (TPSA) is 75.5 Å². The number of aromatic nitrogens is 2. The monoisotopic (exact) mass is 374 g/mol. The lowest BCUT2D eigenvalue weighted by Gasteiger charge is -2.40. The van der Waals surface area contributed by atoms with Crippen molar-refractivity contribution in [3.8, 4) is 5.69 Å². The third-order valence-corrected chi connectivity index (χ3v) is 7.45. The molecule has 7 nitrogen and oxygen atoms in total. The Bertz CT molecular complexity index is 939. The second-order valence-electron chi connectivity index (χ2n) is 6.98. The van der Waals surface area contributed by atoms with Gasteiger partial charge in [-0.2, -0.15) is 9.40 Å². The molecule has 2 fully saturated rings. The molecule has 1 aromatic heterocycles. The minimum absolute atomic E-state index is 0.0110. The number of sulfonamides is 1. The van der Waals surface area contributed by atoms with Crippen molar-refractivity contribution in [3.63, 3.8) is 0 Å². The third kappa shape index (κ3) is 2.64. The van der Waals surface area contributed by atoms with Gasteiger partial charge in [-0.05, 0) is 50.5 Å². The fraction of sp³-hybridized carbons (Fsp3) is 0.444. The molecule has 2 aliphatic rings. The molecule has 0 N–H and O–H groups in total. The van der Waals surface area contributed by atoms with Crippen LogP contribution in [0.2, 0.25) is 0 Å². The van der Waals surface area contributed by atoms with E-state index in [1.54, 1.807) is 49.1 Å². The van der Waals surface area contributed by atoms with E-state index in [4.69, 9.17) is 0 Å². The highest BCUT2D eigenvalue weighted by molar-refractivity contribution is 7.89. The van der Waals surface area contributed by atoms with Crippen molar-refractivity contribution in [1.29, 1.82) is 0 Å². The molecule has 0 radical (unpaired) electrons. The maximum atomic E-state index is 13.4. The largest absolute Gasteiger partial charge is 0.337 e. The van der Waals surface area contributed by atoms with Crippen LogP contribution in [-0.4, -0.2) is 58.5 Å². The molecule has 0 bridgehead atoms. The molecule has 138 valence electrons. The number of carbonyl (C=O) groups excluding carboxylic acids is 1. The number of hydrogen-bond donors (Lipinski definition) is 0. The highest BCUT2D eigenvalue weighted by Gasteiger charge is 2.45. The molecule has 2 atom stereocenters. The van der Waals surface area contributed by atoms with E-state index in [0.29, 0.717) is 17.8 Å². The van der Waals surface area contributed by atoms with Crippen molar-refractivity contribution >= 4 is 15.9 Å². The van der Waals surface area contributed by atoms with Gasteiger partial charge in [0, 0.05) is 31.5 Å². The Morgan fingerprint density at radius 2 is 2.08 bits per heavy atom. The number of hydrogen-bond acceptors (Lipinski definition) is 4. The zero-order chi connectivity index (χ0) is 18.5. The van der Waals surface area contributed by atoms with Crippen molar-refractivity contribution in [2.24, 2.45) is 0 Å². The van der Waals surface area contributed by atoms with Crippen LogP contribution < -0.4 is 0 Å². The van der Waals surface area contributed by atoms with Gasteiger partial charge < -0.3 is 4.90 Å². The standard InChI is InChI=1S/C18H22N4O3S/c1-13-6-7-15(21-10-4-8-19-21)11-17(13)26(24,25)22-12-16-5-3-9-20(16)18(23)14(22)2/h4,6-8,10-11,14,16H,3,5,9,12H2,1-2H3/t14-,16+/m1/s1. The van der Waals surface area contributed by atoms with Crippen LogP contribution in [0.4, 0.5) is 0 Å². The molecule has 1 amide bonds. The van der Waals surface area contributed by atoms with Crippen LogP contribution in [0.15, 0.2) is 41.6 Å². The summed E-state index contributed by atoms with van der Waals surface area (Å²) >= 11 is 0. The summed E-state index contributed by atoms with van der Waals surface area (Å²) in [4.78, 5) is 14.7.